The van der Waals surface area contributed by atoms with E-state index in [2.05, 4.69) is 11.9 Å². The number of rotatable bonds is 4. The molecular formula is C23H28ClNO2. The van der Waals surface area contributed by atoms with Gasteiger partial charge in [0.1, 0.15) is 11.5 Å². The minimum Gasteiger partial charge on any atom is -0.461 e. The van der Waals surface area contributed by atoms with Crippen LogP contribution in [-0.4, -0.2) is 36.6 Å². The van der Waals surface area contributed by atoms with Crippen molar-refractivity contribution in [1.82, 2.24) is 4.90 Å². The summed E-state index contributed by atoms with van der Waals surface area (Å²) in [4.78, 5) is 15.8. The molecule has 2 aliphatic rings. The first-order valence-electron chi connectivity index (χ1n) is 9.59. The summed E-state index contributed by atoms with van der Waals surface area (Å²) in [5.41, 5.74) is 1.17. The lowest BCUT2D eigenvalue weighted by Crippen LogP contribution is -2.40. The molecule has 2 unspecified atom stereocenters. The van der Waals surface area contributed by atoms with Crippen molar-refractivity contribution in [2.45, 2.75) is 43.7 Å². The van der Waals surface area contributed by atoms with Gasteiger partial charge in [-0.25, -0.2) is 0 Å². The van der Waals surface area contributed by atoms with Crippen molar-refractivity contribution in [2.24, 2.45) is 5.92 Å². The maximum absolute atomic E-state index is 13.4. The maximum Gasteiger partial charge on any atom is 0.321 e. The summed E-state index contributed by atoms with van der Waals surface area (Å²) < 4.78 is 6.13. The van der Waals surface area contributed by atoms with Crippen molar-refractivity contribution in [2.75, 3.05) is 13.6 Å². The van der Waals surface area contributed by atoms with Gasteiger partial charge in [-0.05, 0) is 50.3 Å². The van der Waals surface area contributed by atoms with E-state index in [9.17, 15) is 4.79 Å². The second-order valence-corrected chi connectivity index (χ2v) is 8.05. The summed E-state index contributed by atoms with van der Waals surface area (Å²) in [7, 11) is 2.19. The van der Waals surface area contributed by atoms with Gasteiger partial charge in [0.25, 0.3) is 0 Å². The smallest absolute Gasteiger partial charge is 0.321 e. The van der Waals surface area contributed by atoms with Crippen LogP contribution in [0.25, 0.3) is 0 Å². The summed E-state index contributed by atoms with van der Waals surface area (Å²) in [6, 6.07) is 20.5. The number of carbonyl (C=O) groups is 1. The van der Waals surface area contributed by atoms with Gasteiger partial charge in [0.2, 0.25) is 0 Å². The number of likely N-dealkylation sites (tertiary alicyclic amines) is 1. The quantitative estimate of drug-likeness (QED) is 0.728. The van der Waals surface area contributed by atoms with Gasteiger partial charge in [-0.1, -0.05) is 60.7 Å². The number of halogens is 1. The molecule has 27 heavy (non-hydrogen) atoms. The fourth-order valence-corrected chi connectivity index (χ4v) is 4.72. The standard InChI is InChI=1S/C23H27NO2.ClH/c1-23(18-9-5-3-6-10-18,19-11-7-4-8-12-19)22(25)26-21-14-17-13-20(15-21)24(2)16-17;/h3-12,17,20-21H,13-16H2,1-2H3;1H/t17?,20?,21-;/m0./s1. The molecular weight excluding hydrogens is 358 g/mol. The van der Waals surface area contributed by atoms with Gasteiger partial charge in [0, 0.05) is 12.6 Å². The number of esters is 1. The molecule has 4 rings (SSSR count). The van der Waals surface area contributed by atoms with Crippen LogP contribution in [0.4, 0.5) is 0 Å². The van der Waals surface area contributed by atoms with Gasteiger partial charge < -0.3 is 9.64 Å². The Hall–Kier alpha value is -1.84. The second kappa shape index (κ2) is 8.04. The molecule has 3 atom stereocenters. The Balaban J connectivity index is 0.00000210. The van der Waals surface area contributed by atoms with E-state index in [-0.39, 0.29) is 24.5 Å². The third kappa shape index (κ3) is 3.76. The number of benzene rings is 2. The van der Waals surface area contributed by atoms with Gasteiger partial charge in [-0.3, -0.25) is 4.79 Å². The Labute approximate surface area is 168 Å². The van der Waals surface area contributed by atoms with Gasteiger partial charge >= 0.3 is 5.97 Å². The minimum absolute atomic E-state index is 0. The third-order valence-corrected chi connectivity index (χ3v) is 6.29. The minimum atomic E-state index is -0.787. The molecule has 0 spiro atoms. The average Bonchev–Trinajstić information content (AvgIpc) is 2.94. The zero-order valence-electron chi connectivity index (χ0n) is 16.0. The van der Waals surface area contributed by atoms with Crippen LogP contribution < -0.4 is 0 Å². The lowest BCUT2D eigenvalue weighted by molar-refractivity contribution is -0.156. The molecule has 3 nitrogen and oxygen atoms in total. The summed E-state index contributed by atoms with van der Waals surface area (Å²) in [6.45, 7) is 3.12. The first-order valence-corrected chi connectivity index (χ1v) is 9.59. The first-order chi connectivity index (χ1) is 12.6. The molecule has 1 aliphatic heterocycles. The van der Waals surface area contributed by atoms with Crippen molar-refractivity contribution in [1.29, 1.82) is 0 Å². The molecule has 2 fully saturated rings. The summed E-state index contributed by atoms with van der Waals surface area (Å²) in [5, 5.41) is 0. The van der Waals surface area contributed by atoms with Crippen LogP contribution in [-0.2, 0) is 14.9 Å². The molecule has 1 saturated heterocycles. The SMILES string of the molecule is CN1CC2CC1C[C@@H](OC(=O)C(C)(c1ccccc1)c1ccccc1)C2.Cl. The average molecular weight is 386 g/mol. The van der Waals surface area contributed by atoms with Crippen LogP contribution >= 0.6 is 12.4 Å². The zero-order valence-corrected chi connectivity index (χ0v) is 16.8. The number of carbonyl (C=O) groups excluding carboxylic acids is 1. The fraction of sp³-hybridized carbons (Fsp3) is 0.435. The van der Waals surface area contributed by atoms with E-state index >= 15 is 0 Å². The van der Waals surface area contributed by atoms with Gasteiger partial charge in [-0.2, -0.15) is 0 Å². The van der Waals surface area contributed by atoms with E-state index in [0.29, 0.717) is 12.0 Å². The zero-order chi connectivity index (χ0) is 18.1. The third-order valence-electron chi connectivity index (χ3n) is 6.29. The summed E-state index contributed by atoms with van der Waals surface area (Å²) >= 11 is 0. The van der Waals surface area contributed by atoms with E-state index in [0.717, 1.165) is 30.5 Å². The lowest BCUT2D eigenvalue weighted by atomic mass is 9.76. The van der Waals surface area contributed by atoms with Gasteiger partial charge in [0.05, 0.1) is 0 Å². The van der Waals surface area contributed by atoms with Crippen molar-refractivity contribution in [3.05, 3.63) is 71.8 Å². The molecule has 0 aromatic heterocycles. The molecule has 2 aromatic carbocycles. The van der Waals surface area contributed by atoms with E-state index in [1.165, 1.54) is 6.42 Å². The fourth-order valence-electron chi connectivity index (χ4n) is 4.72. The molecule has 2 bridgehead atoms. The molecule has 0 amide bonds. The Morgan fingerprint density at radius 2 is 1.52 bits per heavy atom. The van der Waals surface area contributed by atoms with Crippen LogP contribution in [0.1, 0.15) is 37.3 Å². The van der Waals surface area contributed by atoms with E-state index in [1.54, 1.807) is 0 Å². The van der Waals surface area contributed by atoms with E-state index in [4.69, 9.17) is 4.74 Å². The molecule has 2 aromatic rings. The van der Waals surface area contributed by atoms with Crippen molar-refractivity contribution in [3.8, 4) is 0 Å². The lowest BCUT2D eigenvalue weighted by Gasteiger charge is -2.33. The Morgan fingerprint density at radius 3 is 2.04 bits per heavy atom. The normalized spacial score (nSPS) is 24.9. The van der Waals surface area contributed by atoms with Crippen LogP contribution in [0.15, 0.2) is 60.7 Å². The molecule has 144 valence electrons. The Bertz CT molecular complexity index is 723. The predicted octanol–water partition coefficient (Wildman–Crippen LogP) is 4.44. The second-order valence-electron chi connectivity index (χ2n) is 8.05. The van der Waals surface area contributed by atoms with Crippen LogP contribution in [0.5, 0.6) is 0 Å². The highest BCUT2D eigenvalue weighted by molar-refractivity contribution is 5.87. The van der Waals surface area contributed by atoms with Crippen molar-refractivity contribution in [3.63, 3.8) is 0 Å². The largest absolute Gasteiger partial charge is 0.461 e. The van der Waals surface area contributed by atoms with Crippen LogP contribution in [0, 0.1) is 5.92 Å². The predicted molar refractivity (Wildman–Crippen MR) is 110 cm³/mol. The van der Waals surface area contributed by atoms with E-state index in [1.807, 2.05) is 67.6 Å². The first kappa shape index (κ1) is 19.9. The van der Waals surface area contributed by atoms with Crippen LogP contribution in [0.2, 0.25) is 0 Å². The van der Waals surface area contributed by atoms with Gasteiger partial charge in [0.15, 0.2) is 0 Å². The molecule has 4 heteroatoms. The number of ether oxygens (including phenoxy) is 1. The maximum atomic E-state index is 13.4. The Morgan fingerprint density at radius 1 is 0.963 bits per heavy atom. The molecule has 1 aliphatic carbocycles. The molecule has 0 N–H and O–H groups in total. The number of nitrogens with zero attached hydrogens (tertiary/aromatic N) is 1. The summed E-state index contributed by atoms with van der Waals surface area (Å²) in [6.07, 6.45) is 3.23. The molecule has 1 saturated carbocycles. The monoisotopic (exact) mass is 385 g/mol. The number of fused-ring (bicyclic) bond motifs is 2. The topological polar surface area (TPSA) is 29.5 Å². The number of hydrogen-bond donors (Lipinski definition) is 0. The van der Waals surface area contributed by atoms with Crippen LogP contribution in [0.3, 0.4) is 0 Å². The highest BCUT2D eigenvalue weighted by Gasteiger charge is 2.43. The molecule has 1 heterocycles. The molecule has 0 radical (unpaired) electrons. The highest BCUT2D eigenvalue weighted by Crippen LogP contribution is 2.38. The van der Waals surface area contributed by atoms with Gasteiger partial charge in [-0.15, -0.1) is 12.4 Å². The summed E-state index contributed by atoms with van der Waals surface area (Å²) in [5.74, 6) is 0.528. The van der Waals surface area contributed by atoms with Crippen molar-refractivity contribution < 1.29 is 9.53 Å². The van der Waals surface area contributed by atoms with Crippen molar-refractivity contribution >= 4 is 18.4 Å². The Kier molecular flexibility index (Phi) is 5.92. The van der Waals surface area contributed by atoms with E-state index < -0.39 is 5.41 Å². The number of hydrogen-bond acceptors (Lipinski definition) is 3. The highest BCUT2D eigenvalue weighted by atomic mass is 35.5.